The van der Waals surface area contributed by atoms with Gasteiger partial charge in [-0.25, -0.2) is 0 Å². The van der Waals surface area contributed by atoms with E-state index in [0.717, 1.165) is 12.5 Å². The van der Waals surface area contributed by atoms with Gasteiger partial charge in [-0.05, 0) is 24.8 Å². The lowest BCUT2D eigenvalue weighted by Gasteiger charge is -2.16. The molecule has 1 atom stereocenters. The highest BCUT2D eigenvalue weighted by Gasteiger charge is 2.08. The summed E-state index contributed by atoms with van der Waals surface area (Å²) in [7, 11) is 0. The van der Waals surface area contributed by atoms with Gasteiger partial charge in [-0.3, -0.25) is 4.68 Å². The minimum absolute atomic E-state index is 0.698. The number of hydrogen-bond acceptors (Lipinski definition) is 1. The Morgan fingerprint density at radius 3 is 2.50 bits per heavy atom. The highest BCUT2D eigenvalue weighted by Crippen LogP contribution is 2.12. The summed E-state index contributed by atoms with van der Waals surface area (Å²) in [4.78, 5) is 0. The van der Waals surface area contributed by atoms with Crippen LogP contribution in [-0.2, 0) is 6.54 Å². The first-order valence-corrected chi connectivity index (χ1v) is 4.59. The molecule has 0 bridgehead atoms. The number of aromatic nitrogens is 2. The van der Waals surface area contributed by atoms with E-state index >= 15 is 0 Å². The lowest BCUT2D eigenvalue weighted by atomic mass is 9.98. The summed E-state index contributed by atoms with van der Waals surface area (Å²) in [5.41, 5.74) is 1.25. The Hall–Kier alpha value is -0.790. The number of nitrogens with zero attached hydrogens (tertiary/aromatic N) is 2. The molecular formula is C10H18N2. The lowest BCUT2D eigenvalue weighted by Crippen LogP contribution is -2.14. The van der Waals surface area contributed by atoms with Crippen molar-refractivity contribution in [3.05, 3.63) is 18.0 Å². The maximum atomic E-state index is 4.25. The summed E-state index contributed by atoms with van der Waals surface area (Å²) >= 11 is 0. The third-order valence-electron chi connectivity index (χ3n) is 2.53. The van der Waals surface area contributed by atoms with Gasteiger partial charge in [0.2, 0.25) is 0 Å². The molecule has 0 aliphatic rings. The maximum absolute atomic E-state index is 4.25. The molecule has 0 aliphatic heterocycles. The van der Waals surface area contributed by atoms with E-state index in [4.69, 9.17) is 0 Å². The van der Waals surface area contributed by atoms with E-state index in [0.29, 0.717) is 5.92 Å². The number of rotatable bonds is 3. The number of aryl methyl sites for hydroxylation is 1. The van der Waals surface area contributed by atoms with Crippen molar-refractivity contribution in [3.63, 3.8) is 0 Å². The van der Waals surface area contributed by atoms with Crippen molar-refractivity contribution in [2.24, 2.45) is 11.8 Å². The monoisotopic (exact) mass is 166 g/mol. The molecule has 1 aromatic rings. The van der Waals surface area contributed by atoms with Crippen molar-refractivity contribution in [1.29, 1.82) is 0 Å². The van der Waals surface area contributed by atoms with Crippen LogP contribution in [0, 0.1) is 18.8 Å². The highest BCUT2D eigenvalue weighted by atomic mass is 15.3. The summed E-state index contributed by atoms with van der Waals surface area (Å²) in [5, 5.41) is 4.25. The van der Waals surface area contributed by atoms with Crippen LogP contribution >= 0.6 is 0 Å². The third-order valence-corrected chi connectivity index (χ3v) is 2.53. The minimum atomic E-state index is 0.698. The predicted molar refractivity (Wildman–Crippen MR) is 51.0 cm³/mol. The molecule has 0 unspecified atom stereocenters. The first-order chi connectivity index (χ1) is 5.61. The van der Waals surface area contributed by atoms with Crippen molar-refractivity contribution in [2.45, 2.75) is 34.2 Å². The van der Waals surface area contributed by atoms with E-state index in [1.165, 1.54) is 5.69 Å². The van der Waals surface area contributed by atoms with Crippen LogP contribution in [0.15, 0.2) is 12.3 Å². The minimum Gasteiger partial charge on any atom is -0.270 e. The van der Waals surface area contributed by atoms with Gasteiger partial charge in [-0.2, -0.15) is 5.10 Å². The molecule has 0 N–H and O–H groups in total. The molecule has 0 spiro atoms. The van der Waals surface area contributed by atoms with Gasteiger partial charge < -0.3 is 0 Å². The second kappa shape index (κ2) is 3.74. The topological polar surface area (TPSA) is 17.8 Å². The fraction of sp³-hybridized carbons (Fsp3) is 0.700. The van der Waals surface area contributed by atoms with Crippen LogP contribution in [-0.4, -0.2) is 9.78 Å². The first-order valence-electron chi connectivity index (χ1n) is 4.59. The van der Waals surface area contributed by atoms with Gasteiger partial charge >= 0.3 is 0 Å². The van der Waals surface area contributed by atoms with Crippen molar-refractivity contribution in [1.82, 2.24) is 9.78 Å². The van der Waals surface area contributed by atoms with E-state index in [-0.39, 0.29) is 0 Å². The molecule has 0 amide bonds. The molecule has 1 aromatic heterocycles. The van der Waals surface area contributed by atoms with E-state index in [1.54, 1.807) is 0 Å². The molecule has 68 valence electrons. The molecule has 0 aromatic carbocycles. The Kier molecular flexibility index (Phi) is 2.90. The molecule has 0 radical (unpaired) electrons. The fourth-order valence-corrected chi connectivity index (χ4v) is 1.07. The van der Waals surface area contributed by atoms with E-state index in [1.807, 2.05) is 12.3 Å². The maximum Gasteiger partial charge on any atom is 0.0492 e. The average Bonchev–Trinajstić information content (AvgIpc) is 2.36. The molecule has 0 fully saturated rings. The van der Waals surface area contributed by atoms with Crippen LogP contribution in [0.3, 0.4) is 0 Å². The molecule has 12 heavy (non-hydrogen) atoms. The van der Waals surface area contributed by atoms with Crippen LogP contribution in [0.4, 0.5) is 0 Å². The molecule has 0 saturated heterocycles. The zero-order chi connectivity index (χ0) is 9.14. The van der Waals surface area contributed by atoms with E-state index in [9.17, 15) is 0 Å². The van der Waals surface area contributed by atoms with Crippen LogP contribution in [0.25, 0.3) is 0 Å². The normalized spacial score (nSPS) is 13.8. The Labute approximate surface area is 74.6 Å². The van der Waals surface area contributed by atoms with Crippen LogP contribution in [0.5, 0.6) is 0 Å². The van der Waals surface area contributed by atoms with Crippen molar-refractivity contribution < 1.29 is 0 Å². The Balaban J connectivity index is 2.58. The molecule has 1 rings (SSSR count). The molecular weight excluding hydrogens is 148 g/mol. The third kappa shape index (κ3) is 2.10. The molecule has 0 aliphatic carbocycles. The van der Waals surface area contributed by atoms with E-state index in [2.05, 4.69) is 37.5 Å². The standard InChI is InChI=1S/C10H18N2/c1-8(2)9(3)7-12-10(4)5-6-11-12/h5-6,8-9H,7H2,1-4H3/t9-/m0/s1. The van der Waals surface area contributed by atoms with Gasteiger partial charge in [0.25, 0.3) is 0 Å². The van der Waals surface area contributed by atoms with Crippen molar-refractivity contribution in [3.8, 4) is 0 Å². The summed E-state index contributed by atoms with van der Waals surface area (Å²) in [6.07, 6.45) is 1.86. The molecule has 2 nitrogen and oxygen atoms in total. The van der Waals surface area contributed by atoms with Gasteiger partial charge in [0.15, 0.2) is 0 Å². The Bertz CT molecular complexity index is 238. The second-order valence-corrected chi connectivity index (χ2v) is 3.88. The fourth-order valence-electron chi connectivity index (χ4n) is 1.07. The Morgan fingerprint density at radius 2 is 2.08 bits per heavy atom. The zero-order valence-corrected chi connectivity index (χ0v) is 8.41. The van der Waals surface area contributed by atoms with E-state index < -0.39 is 0 Å². The quantitative estimate of drug-likeness (QED) is 0.674. The molecule has 1 heterocycles. The lowest BCUT2D eigenvalue weighted by molar-refractivity contribution is 0.345. The highest BCUT2D eigenvalue weighted by molar-refractivity contribution is 4.96. The van der Waals surface area contributed by atoms with Gasteiger partial charge in [0, 0.05) is 18.4 Å². The van der Waals surface area contributed by atoms with Crippen LogP contribution in [0.2, 0.25) is 0 Å². The average molecular weight is 166 g/mol. The largest absolute Gasteiger partial charge is 0.270 e. The van der Waals surface area contributed by atoms with Crippen molar-refractivity contribution in [2.75, 3.05) is 0 Å². The van der Waals surface area contributed by atoms with Gasteiger partial charge in [-0.15, -0.1) is 0 Å². The van der Waals surface area contributed by atoms with Crippen molar-refractivity contribution >= 4 is 0 Å². The molecule has 2 heteroatoms. The SMILES string of the molecule is Cc1ccnn1C[C@H](C)C(C)C. The summed E-state index contributed by atoms with van der Waals surface area (Å²) < 4.78 is 2.07. The second-order valence-electron chi connectivity index (χ2n) is 3.88. The first kappa shape index (κ1) is 9.30. The predicted octanol–water partition coefficient (Wildman–Crippen LogP) is 2.48. The summed E-state index contributed by atoms with van der Waals surface area (Å²) in [6.45, 7) is 9.91. The van der Waals surface area contributed by atoms with Gasteiger partial charge in [0.05, 0.1) is 0 Å². The van der Waals surface area contributed by atoms with Gasteiger partial charge in [-0.1, -0.05) is 20.8 Å². The molecule has 0 saturated carbocycles. The Morgan fingerprint density at radius 1 is 1.42 bits per heavy atom. The van der Waals surface area contributed by atoms with Crippen LogP contribution < -0.4 is 0 Å². The smallest absolute Gasteiger partial charge is 0.0492 e. The summed E-state index contributed by atoms with van der Waals surface area (Å²) in [6, 6.07) is 2.05. The van der Waals surface area contributed by atoms with Gasteiger partial charge in [0.1, 0.15) is 0 Å². The van der Waals surface area contributed by atoms with Crippen LogP contribution in [0.1, 0.15) is 26.5 Å². The summed E-state index contributed by atoms with van der Waals surface area (Å²) in [5.74, 6) is 1.43. The number of hydrogen-bond donors (Lipinski definition) is 0. The zero-order valence-electron chi connectivity index (χ0n) is 8.41.